The zero-order valence-electron chi connectivity index (χ0n) is 27.5. The number of amides is 2. The summed E-state index contributed by atoms with van der Waals surface area (Å²) in [6, 6.07) is -0.297. The van der Waals surface area contributed by atoms with Gasteiger partial charge in [-0.1, -0.05) is 24.8 Å². The second-order valence-electron chi connectivity index (χ2n) is 13.0. The van der Waals surface area contributed by atoms with Crippen LogP contribution in [-0.4, -0.2) is 85.4 Å². The van der Waals surface area contributed by atoms with E-state index in [1.165, 1.54) is 7.11 Å². The van der Waals surface area contributed by atoms with Gasteiger partial charge in [-0.3, -0.25) is 9.59 Å². The van der Waals surface area contributed by atoms with E-state index in [4.69, 9.17) is 9.47 Å². The Morgan fingerprint density at radius 2 is 1.89 bits per heavy atom. The molecule has 11 heteroatoms. The molecule has 0 aromatic rings. The topological polar surface area (TPSA) is 95.5 Å². The molecule has 3 atom stereocenters. The lowest BCUT2D eigenvalue weighted by atomic mass is 9.80. The minimum atomic E-state index is -3.31. The van der Waals surface area contributed by atoms with Gasteiger partial charge in [0, 0.05) is 39.1 Å². The number of carbonyl (C=O) groups is 2. The van der Waals surface area contributed by atoms with Gasteiger partial charge in [-0.05, 0) is 77.9 Å². The predicted molar refractivity (Wildman–Crippen MR) is 171 cm³/mol. The molecule has 2 amide bonds. The van der Waals surface area contributed by atoms with Gasteiger partial charge in [0.15, 0.2) is 0 Å². The quantitative estimate of drug-likeness (QED) is 0.162. The number of halogens is 2. The van der Waals surface area contributed by atoms with Crippen LogP contribution in [0.3, 0.4) is 0 Å². The molecule has 45 heavy (non-hydrogen) atoms. The Hall–Kier alpha value is -3.73. The average Bonchev–Trinajstić information content (AvgIpc) is 2.96. The fourth-order valence-corrected chi connectivity index (χ4v) is 6.37. The van der Waals surface area contributed by atoms with E-state index in [2.05, 4.69) is 34.2 Å². The summed E-state index contributed by atoms with van der Waals surface area (Å²) in [7, 11) is 5.31. The van der Waals surface area contributed by atoms with E-state index < -0.39 is 28.6 Å². The van der Waals surface area contributed by atoms with E-state index in [1.807, 2.05) is 25.2 Å². The molecule has 246 valence electrons. The van der Waals surface area contributed by atoms with Crippen molar-refractivity contribution in [1.82, 2.24) is 20.4 Å². The van der Waals surface area contributed by atoms with Crippen LogP contribution in [0.5, 0.6) is 0 Å². The van der Waals surface area contributed by atoms with Crippen LogP contribution in [0.25, 0.3) is 0 Å². The highest BCUT2D eigenvalue weighted by Crippen LogP contribution is 2.40. The van der Waals surface area contributed by atoms with Crippen molar-refractivity contribution in [3.63, 3.8) is 0 Å². The number of alkyl halides is 2. The molecule has 2 saturated heterocycles. The average molecular weight is 628 g/mol. The second-order valence-corrected chi connectivity index (χ2v) is 13.0. The zero-order valence-corrected chi connectivity index (χ0v) is 27.5. The summed E-state index contributed by atoms with van der Waals surface area (Å²) < 4.78 is 41.6. The molecule has 9 nitrogen and oxygen atoms in total. The van der Waals surface area contributed by atoms with E-state index in [0.29, 0.717) is 36.6 Å². The molecule has 4 aliphatic rings. The lowest BCUT2D eigenvalue weighted by molar-refractivity contribution is -0.137. The summed E-state index contributed by atoms with van der Waals surface area (Å²) in [4.78, 5) is 33.8. The van der Waals surface area contributed by atoms with Crippen LogP contribution in [0.2, 0.25) is 0 Å². The van der Waals surface area contributed by atoms with Gasteiger partial charge in [0.2, 0.25) is 11.8 Å². The third-order valence-electron chi connectivity index (χ3n) is 9.12. The van der Waals surface area contributed by atoms with Crippen molar-refractivity contribution in [2.24, 2.45) is 10.4 Å². The first-order valence-electron chi connectivity index (χ1n) is 15.4. The number of likely N-dealkylation sites (N-methyl/N-ethyl adjacent to an activating group) is 1. The number of amidine groups is 1. The summed E-state index contributed by atoms with van der Waals surface area (Å²) in [5, 5.41) is 6.32. The number of carbonyl (C=O) groups excluding carboxylic acids is 2. The van der Waals surface area contributed by atoms with Crippen LogP contribution in [0.15, 0.2) is 76.5 Å². The Morgan fingerprint density at radius 1 is 1.20 bits per heavy atom. The lowest BCUT2D eigenvalue weighted by Gasteiger charge is -2.46. The number of hydrogen-bond acceptors (Lipinski definition) is 6. The summed E-state index contributed by atoms with van der Waals surface area (Å²) in [5.74, 6) is -2.76. The molecule has 0 radical (unpaired) electrons. The number of methoxy groups -OCH3 is 1. The summed E-state index contributed by atoms with van der Waals surface area (Å²) >= 11 is 0. The number of hydrogen-bond donors (Lipinski definition) is 2. The first-order valence-corrected chi connectivity index (χ1v) is 15.4. The van der Waals surface area contributed by atoms with Crippen molar-refractivity contribution in [2.75, 3.05) is 34.3 Å². The molecule has 2 N–H and O–H groups in total. The molecule has 2 fully saturated rings. The summed E-state index contributed by atoms with van der Waals surface area (Å²) in [6.45, 7) is 11.8. The Balaban J connectivity index is 1.47. The van der Waals surface area contributed by atoms with Crippen molar-refractivity contribution in [3.8, 4) is 0 Å². The van der Waals surface area contributed by atoms with Gasteiger partial charge < -0.3 is 29.9 Å². The number of nitrogens with one attached hydrogen (secondary N) is 2. The fraction of sp³-hybridized carbons (Fsp3) is 0.559. The predicted octanol–water partition coefficient (Wildman–Crippen LogP) is 4.97. The van der Waals surface area contributed by atoms with Gasteiger partial charge in [0.25, 0.3) is 5.92 Å². The normalized spacial score (nSPS) is 28.5. The minimum absolute atomic E-state index is 0.0320. The molecule has 2 aliphatic heterocycles. The Bertz CT molecular complexity index is 1380. The standard InChI is InChI=1S/C34H47F2N5O4/c1-22(45-33(4)16-9-10-24-11-12-29(42)41(7)30(24)33)26(34(5,35)36)21-37-23(2)38-27-13-17-32(3,20-28(27)44-8)31(43)39-25-14-18-40(6)19-15-25/h9-10,13,16-17,21,25,30H,1,11-12,14-15,18-20H2,2-8H3,(H,37,38)(H,39,43). The van der Waals surface area contributed by atoms with Crippen molar-refractivity contribution >= 4 is 17.6 Å². The third kappa shape index (κ3) is 7.74. The molecule has 4 rings (SSSR count). The SMILES string of the molecule is C=C(OC1(C)C=CC=C2CCC(=O)N(C)C21)C(=CN=C(C)NC1=C(OC)CC(C)(C(=O)NC2CCN(C)CC2)C=C1)C(C)(F)F. The highest BCUT2D eigenvalue weighted by molar-refractivity contribution is 5.86. The van der Waals surface area contributed by atoms with Crippen molar-refractivity contribution in [2.45, 2.75) is 83.4 Å². The number of nitrogens with zero attached hydrogens (tertiary/aromatic N) is 3. The first-order chi connectivity index (χ1) is 21.1. The van der Waals surface area contributed by atoms with Crippen LogP contribution in [-0.2, 0) is 19.1 Å². The molecule has 0 spiro atoms. The number of piperidine rings is 2. The van der Waals surface area contributed by atoms with E-state index >= 15 is 0 Å². The first kappa shape index (κ1) is 34.1. The van der Waals surface area contributed by atoms with Crippen molar-refractivity contribution < 1.29 is 27.8 Å². The van der Waals surface area contributed by atoms with Crippen LogP contribution in [0.1, 0.15) is 59.8 Å². The monoisotopic (exact) mass is 627 g/mol. The molecule has 0 bridgehead atoms. The number of rotatable bonds is 9. The minimum Gasteiger partial charge on any atom is -0.499 e. The Morgan fingerprint density at radius 3 is 2.53 bits per heavy atom. The van der Waals surface area contributed by atoms with E-state index in [1.54, 1.807) is 37.9 Å². The van der Waals surface area contributed by atoms with Crippen molar-refractivity contribution in [3.05, 3.63) is 71.5 Å². The van der Waals surface area contributed by atoms with E-state index in [0.717, 1.165) is 44.6 Å². The molecule has 2 heterocycles. The molecule has 2 aliphatic carbocycles. The van der Waals surface area contributed by atoms with Crippen LogP contribution in [0, 0.1) is 5.41 Å². The van der Waals surface area contributed by atoms with Crippen LogP contribution in [0.4, 0.5) is 8.78 Å². The number of aliphatic imine (C=N–C) groups is 1. The van der Waals surface area contributed by atoms with Gasteiger partial charge in [-0.15, -0.1) is 0 Å². The van der Waals surface area contributed by atoms with Gasteiger partial charge in [-0.2, -0.15) is 0 Å². The fourth-order valence-electron chi connectivity index (χ4n) is 6.37. The van der Waals surface area contributed by atoms with Gasteiger partial charge >= 0.3 is 0 Å². The maximum atomic E-state index is 14.9. The van der Waals surface area contributed by atoms with Crippen LogP contribution >= 0.6 is 0 Å². The largest absolute Gasteiger partial charge is 0.499 e. The lowest BCUT2D eigenvalue weighted by Crippen LogP contribution is -2.56. The van der Waals surface area contributed by atoms with Gasteiger partial charge in [0.1, 0.15) is 23.0 Å². The highest BCUT2D eigenvalue weighted by Gasteiger charge is 2.46. The molecule has 3 unspecified atom stereocenters. The maximum absolute atomic E-state index is 14.9. The Labute approximate surface area is 265 Å². The molecule has 0 saturated carbocycles. The summed E-state index contributed by atoms with van der Waals surface area (Å²) in [5.41, 5.74) is -0.796. The Kier molecular flexibility index (Phi) is 10.1. The van der Waals surface area contributed by atoms with E-state index in [9.17, 15) is 18.4 Å². The molecular formula is C34H47F2N5O4. The zero-order chi connectivity index (χ0) is 33.2. The number of fused-ring (bicyclic) bond motifs is 1. The van der Waals surface area contributed by atoms with Crippen molar-refractivity contribution in [1.29, 1.82) is 0 Å². The summed E-state index contributed by atoms with van der Waals surface area (Å²) in [6.07, 6.45) is 13.3. The smallest absolute Gasteiger partial charge is 0.275 e. The van der Waals surface area contributed by atoms with E-state index in [-0.39, 0.29) is 23.6 Å². The highest BCUT2D eigenvalue weighted by atomic mass is 19.3. The molecular weight excluding hydrogens is 580 g/mol. The van der Waals surface area contributed by atoms with Gasteiger partial charge in [-0.25, -0.2) is 13.8 Å². The van der Waals surface area contributed by atoms with Crippen LogP contribution < -0.4 is 10.6 Å². The maximum Gasteiger partial charge on any atom is 0.275 e. The molecule has 0 aromatic heterocycles. The number of allylic oxidation sites excluding steroid dienone is 5. The molecule has 0 aromatic carbocycles. The number of likely N-dealkylation sites (tertiary alicyclic amines) is 2. The second kappa shape index (κ2) is 13.3. The van der Waals surface area contributed by atoms with Gasteiger partial charge in [0.05, 0.1) is 29.8 Å². The third-order valence-corrected chi connectivity index (χ3v) is 9.12. The number of ether oxygens (including phenoxy) is 2.